The molecular formula is C15H16N4. The van der Waals surface area contributed by atoms with Crippen LogP contribution >= 0.6 is 0 Å². The van der Waals surface area contributed by atoms with Gasteiger partial charge < -0.3 is 10.3 Å². The monoisotopic (exact) mass is 252 g/mol. The van der Waals surface area contributed by atoms with E-state index in [1.165, 1.54) is 0 Å². The molecule has 0 fully saturated rings. The molecule has 96 valence electrons. The maximum Gasteiger partial charge on any atom is 0.0997 e. The second kappa shape index (κ2) is 4.09. The fraction of sp³-hybridized carbons (Fsp3) is 0.200. The lowest BCUT2D eigenvalue weighted by Crippen LogP contribution is -1.99. The van der Waals surface area contributed by atoms with E-state index in [9.17, 15) is 0 Å². The van der Waals surface area contributed by atoms with Gasteiger partial charge in [0.1, 0.15) is 0 Å². The molecule has 4 nitrogen and oxygen atoms in total. The molecule has 3 aromatic rings. The van der Waals surface area contributed by atoms with Crippen molar-refractivity contribution in [2.45, 2.75) is 20.8 Å². The van der Waals surface area contributed by atoms with Crippen molar-refractivity contribution < 1.29 is 0 Å². The normalized spacial score (nSPS) is 11.1. The molecule has 3 rings (SSSR count). The number of aromatic nitrogens is 3. The number of hydrogen-bond donors (Lipinski definition) is 1. The van der Waals surface area contributed by atoms with Crippen molar-refractivity contribution in [3.05, 3.63) is 47.8 Å². The van der Waals surface area contributed by atoms with Crippen molar-refractivity contribution in [1.29, 1.82) is 0 Å². The summed E-state index contributed by atoms with van der Waals surface area (Å²) >= 11 is 0. The van der Waals surface area contributed by atoms with E-state index < -0.39 is 0 Å². The first-order valence-electron chi connectivity index (χ1n) is 6.23. The van der Waals surface area contributed by atoms with Gasteiger partial charge in [0.05, 0.1) is 17.7 Å². The van der Waals surface area contributed by atoms with Gasteiger partial charge in [0.15, 0.2) is 0 Å². The summed E-state index contributed by atoms with van der Waals surface area (Å²) in [5.41, 5.74) is 11.0. The van der Waals surface area contributed by atoms with Crippen LogP contribution in [0.5, 0.6) is 0 Å². The number of nitrogen functional groups attached to an aromatic ring is 1. The standard InChI is InChI=1S/C15H16N4/c1-9-6-12-13(7-17-9)14(16)4-5-15(12)19-8-18-10(2)11(19)3/h4-8H,16H2,1-3H3. The van der Waals surface area contributed by atoms with Crippen molar-refractivity contribution in [3.63, 3.8) is 0 Å². The Balaban J connectivity index is 2.39. The highest BCUT2D eigenvalue weighted by atomic mass is 15.1. The third kappa shape index (κ3) is 1.76. The zero-order chi connectivity index (χ0) is 13.6. The number of fused-ring (bicyclic) bond motifs is 1. The van der Waals surface area contributed by atoms with Crippen LogP contribution < -0.4 is 5.73 Å². The SMILES string of the molecule is Cc1cc2c(-n3cnc(C)c3C)ccc(N)c2cn1. The molecule has 0 atom stereocenters. The van der Waals surface area contributed by atoms with Gasteiger partial charge in [0, 0.05) is 34.0 Å². The Morgan fingerprint density at radius 3 is 2.53 bits per heavy atom. The summed E-state index contributed by atoms with van der Waals surface area (Å²) < 4.78 is 2.09. The van der Waals surface area contributed by atoms with Crippen LogP contribution in [0.2, 0.25) is 0 Å². The molecule has 0 spiro atoms. The maximum atomic E-state index is 6.03. The second-order valence-electron chi connectivity index (χ2n) is 4.83. The summed E-state index contributed by atoms with van der Waals surface area (Å²) in [5, 5.41) is 2.09. The third-order valence-corrected chi connectivity index (χ3v) is 3.56. The largest absolute Gasteiger partial charge is 0.398 e. The highest BCUT2D eigenvalue weighted by molar-refractivity contribution is 5.98. The Bertz CT molecular complexity index is 771. The van der Waals surface area contributed by atoms with Crippen molar-refractivity contribution in [2.75, 3.05) is 5.73 Å². The Morgan fingerprint density at radius 1 is 1.05 bits per heavy atom. The maximum absolute atomic E-state index is 6.03. The third-order valence-electron chi connectivity index (χ3n) is 3.56. The minimum Gasteiger partial charge on any atom is -0.398 e. The minimum atomic E-state index is 0.751. The number of nitrogens with two attached hydrogens (primary N) is 1. The lowest BCUT2D eigenvalue weighted by molar-refractivity contribution is 1.01. The number of aryl methyl sites for hydroxylation is 2. The van der Waals surface area contributed by atoms with Crippen molar-refractivity contribution >= 4 is 16.5 Å². The van der Waals surface area contributed by atoms with E-state index in [1.54, 1.807) is 0 Å². The van der Waals surface area contributed by atoms with Crippen LogP contribution in [-0.4, -0.2) is 14.5 Å². The number of imidazole rings is 1. The molecule has 0 amide bonds. The summed E-state index contributed by atoms with van der Waals surface area (Å²) in [6.07, 6.45) is 3.69. The Kier molecular flexibility index (Phi) is 2.52. The average Bonchev–Trinajstić information content (AvgIpc) is 2.71. The van der Waals surface area contributed by atoms with Gasteiger partial charge in [-0.2, -0.15) is 0 Å². The van der Waals surface area contributed by atoms with Crippen LogP contribution in [0.4, 0.5) is 5.69 Å². The molecule has 2 aromatic heterocycles. The highest BCUT2D eigenvalue weighted by Gasteiger charge is 2.10. The number of benzene rings is 1. The zero-order valence-electron chi connectivity index (χ0n) is 11.3. The molecule has 0 aliphatic carbocycles. The first-order chi connectivity index (χ1) is 9.08. The Labute approximate surface area is 111 Å². The summed E-state index contributed by atoms with van der Waals surface area (Å²) in [7, 11) is 0. The molecular weight excluding hydrogens is 236 g/mol. The van der Waals surface area contributed by atoms with E-state index >= 15 is 0 Å². The summed E-state index contributed by atoms with van der Waals surface area (Å²) in [4.78, 5) is 8.69. The number of pyridine rings is 1. The van der Waals surface area contributed by atoms with Gasteiger partial charge >= 0.3 is 0 Å². The number of anilines is 1. The summed E-state index contributed by atoms with van der Waals surface area (Å²) in [5.74, 6) is 0. The molecule has 0 saturated carbocycles. The molecule has 0 aliphatic heterocycles. The first-order valence-corrected chi connectivity index (χ1v) is 6.23. The molecule has 19 heavy (non-hydrogen) atoms. The zero-order valence-corrected chi connectivity index (χ0v) is 11.3. The van der Waals surface area contributed by atoms with Crippen LogP contribution in [0.15, 0.2) is 30.7 Å². The Hall–Kier alpha value is -2.36. The van der Waals surface area contributed by atoms with Gasteiger partial charge in [-0.1, -0.05) is 0 Å². The molecule has 0 radical (unpaired) electrons. The van der Waals surface area contributed by atoms with Crippen molar-refractivity contribution in [3.8, 4) is 5.69 Å². The van der Waals surface area contributed by atoms with E-state index in [-0.39, 0.29) is 0 Å². The summed E-state index contributed by atoms with van der Waals surface area (Å²) in [6, 6.07) is 6.02. The molecule has 0 bridgehead atoms. The fourth-order valence-corrected chi connectivity index (χ4v) is 2.30. The van der Waals surface area contributed by atoms with E-state index in [0.717, 1.165) is 39.2 Å². The fourth-order valence-electron chi connectivity index (χ4n) is 2.30. The van der Waals surface area contributed by atoms with Crippen LogP contribution in [-0.2, 0) is 0 Å². The van der Waals surface area contributed by atoms with Crippen LogP contribution in [0.1, 0.15) is 17.1 Å². The first kappa shape index (κ1) is 11.7. The molecule has 0 aliphatic rings. The van der Waals surface area contributed by atoms with E-state index in [0.29, 0.717) is 0 Å². The predicted molar refractivity (Wildman–Crippen MR) is 77.5 cm³/mol. The molecule has 2 N–H and O–H groups in total. The van der Waals surface area contributed by atoms with Crippen molar-refractivity contribution in [2.24, 2.45) is 0 Å². The lowest BCUT2D eigenvalue weighted by Gasteiger charge is -2.11. The van der Waals surface area contributed by atoms with Gasteiger partial charge in [0.2, 0.25) is 0 Å². The molecule has 2 heterocycles. The molecule has 4 heteroatoms. The quantitative estimate of drug-likeness (QED) is 0.677. The van der Waals surface area contributed by atoms with Crippen LogP contribution in [0.25, 0.3) is 16.5 Å². The molecule has 0 saturated heterocycles. The van der Waals surface area contributed by atoms with Gasteiger partial charge in [-0.3, -0.25) is 4.98 Å². The summed E-state index contributed by atoms with van der Waals surface area (Å²) in [6.45, 7) is 6.06. The average molecular weight is 252 g/mol. The molecule has 1 aromatic carbocycles. The number of nitrogens with zero attached hydrogens (tertiary/aromatic N) is 3. The van der Waals surface area contributed by atoms with Gasteiger partial charge in [-0.05, 0) is 39.0 Å². The Morgan fingerprint density at radius 2 is 1.84 bits per heavy atom. The van der Waals surface area contributed by atoms with E-state index in [4.69, 9.17) is 5.73 Å². The van der Waals surface area contributed by atoms with Gasteiger partial charge in [-0.15, -0.1) is 0 Å². The predicted octanol–water partition coefficient (Wildman–Crippen LogP) is 2.93. The molecule has 0 unspecified atom stereocenters. The lowest BCUT2D eigenvalue weighted by atomic mass is 10.1. The number of hydrogen-bond acceptors (Lipinski definition) is 3. The topological polar surface area (TPSA) is 56.7 Å². The van der Waals surface area contributed by atoms with Crippen LogP contribution in [0.3, 0.4) is 0 Å². The van der Waals surface area contributed by atoms with Crippen LogP contribution in [0, 0.1) is 20.8 Å². The highest BCUT2D eigenvalue weighted by Crippen LogP contribution is 2.28. The smallest absolute Gasteiger partial charge is 0.0997 e. The van der Waals surface area contributed by atoms with Gasteiger partial charge in [-0.25, -0.2) is 4.98 Å². The van der Waals surface area contributed by atoms with E-state index in [2.05, 4.69) is 27.5 Å². The van der Waals surface area contributed by atoms with Crippen molar-refractivity contribution in [1.82, 2.24) is 14.5 Å². The minimum absolute atomic E-state index is 0.751. The number of rotatable bonds is 1. The van der Waals surface area contributed by atoms with Gasteiger partial charge in [0.25, 0.3) is 0 Å². The second-order valence-corrected chi connectivity index (χ2v) is 4.83. The van der Waals surface area contributed by atoms with E-state index in [1.807, 2.05) is 38.5 Å².